The first-order valence-corrected chi connectivity index (χ1v) is 10.7. The second-order valence-electron chi connectivity index (χ2n) is 8.36. The van der Waals surface area contributed by atoms with Gasteiger partial charge >= 0.3 is 0 Å². The fourth-order valence-electron chi connectivity index (χ4n) is 4.84. The van der Waals surface area contributed by atoms with E-state index in [0.717, 1.165) is 66.5 Å². The molecule has 0 radical (unpaired) electrons. The molecular formula is C23H25N5O2. The molecule has 0 bridgehead atoms. The first-order valence-electron chi connectivity index (χ1n) is 10.7. The molecule has 2 aromatic heterocycles. The number of fused-ring (bicyclic) bond motifs is 3. The number of hydrogen-bond acceptors (Lipinski definition) is 5. The minimum absolute atomic E-state index is 0.138. The number of nitriles is 1. The summed E-state index contributed by atoms with van der Waals surface area (Å²) in [5, 5.41) is 10.3. The van der Waals surface area contributed by atoms with Crippen LogP contribution in [-0.2, 0) is 16.0 Å². The van der Waals surface area contributed by atoms with Crippen LogP contribution in [0.4, 0.5) is 0 Å². The number of nitrogens with zero attached hydrogens (tertiary/aromatic N) is 5. The maximum absolute atomic E-state index is 12.9. The summed E-state index contributed by atoms with van der Waals surface area (Å²) in [4.78, 5) is 24.3. The lowest BCUT2D eigenvalue weighted by Gasteiger charge is -2.30. The van der Waals surface area contributed by atoms with Crippen LogP contribution in [0.5, 0.6) is 0 Å². The van der Waals surface area contributed by atoms with Gasteiger partial charge in [0.1, 0.15) is 11.3 Å². The van der Waals surface area contributed by atoms with Gasteiger partial charge in [-0.2, -0.15) is 5.26 Å². The van der Waals surface area contributed by atoms with Crippen molar-refractivity contribution in [3.63, 3.8) is 0 Å². The number of carbonyl (C=O) groups is 1. The minimum Gasteiger partial charge on any atom is -0.378 e. The van der Waals surface area contributed by atoms with E-state index in [9.17, 15) is 10.1 Å². The maximum atomic E-state index is 12.9. The molecule has 2 fully saturated rings. The Balaban J connectivity index is 1.68. The molecule has 1 aromatic carbocycles. The molecule has 0 N–H and O–H groups in total. The van der Waals surface area contributed by atoms with Crippen LogP contribution < -0.4 is 0 Å². The molecule has 2 aliphatic heterocycles. The predicted octanol–water partition coefficient (Wildman–Crippen LogP) is 3.36. The Morgan fingerprint density at radius 2 is 2.13 bits per heavy atom. The Morgan fingerprint density at radius 3 is 2.90 bits per heavy atom. The van der Waals surface area contributed by atoms with Gasteiger partial charge in [0, 0.05) is 31.1 Å². The average molecular weight is 403 g/mol. The van der Waals surface area contributed by atoms with E-state index in [0.29, 0.717) is 18.6 Å². The fraction of sp³-hybridized carbons (Fsp3) is 0.478. The van der Waals surface area contributed by atoms with Crippen LogP contribution in [-0.4, -0.2) is 51.1 Å². The van der Waals surface area contributed by atoms with Crippen LogP contribution in [0.25, 0.3) is 21.9 Å². The van der Waals surface area contributed by atoms with Gasteiger partial charge < -0.3 is 14.2 Å². The zero-order chi connectivity index (χ0) is 20.7. The first-order chi connectivity index (χ1) is 14.6. The van der Waals surface area contributed by atoms with Gasteiger partial charge in [-0.3, -0.25) is 9.78 Å². The monoisotopic (exact) mass is 403 g/mol. The van der Waals surface area contributed by atoms with Crippen LogP contribution in [0.1, 0.15) is 50.0 Å². The van der Waals surface area contributed by atoms with E-state index < -0.39 is 0 Å². The number of rotatable bonds is 3. The van der Waals surface area contributed by atoms with Gasteiger partial charge in [-0.25, -0.2) is 4.98 Å². The molecule has 7 heteroatoms. The van der Waals surface area contributed by atoms with E-state index in [1.54, 1.807) is 12.3 Å². The molecule has 4 heterocycles. The van der Waals surface area contributed by atoms with Crippen LogP contribution in [0, 0.1) is 11.3 Å². The third-order valence-electron chi connectivity index (χ3n) is 6.31. The van der Waals surface area contributed by atoms with Gasteiger partial charge in [-0.1, -0.05) is 0 Å². The molecule has 5 rings (SSSR count). The van der Waals surface area contributed by atoms with Crippen molar-refractivity contribution in [2.45, 2.75) is 51.2 Å². The molecule has 154 valence electrons. The standard InChI is InChI=1S/C23H25N5O2/c1-15-10-17(6-9-30-15)28-21(12-22(29)27-7-2-3-8-27)26-20-14-25-19-5-4-16(13-24)11-18(19)23(20)28/h4-5,11,14-15,17H,2-3,6-10,12H2,1H3/t15-,17-/m1/s1. The van der Waals surface area contributed by atoms with Crippen LogP contribution in [0.15, 0.2) is 24.4 Å². The number of ether oxygens (including phenoxy) is 1. The summed E-state index contributed by atoms with van der Waals surface area (Å²) in [6.07, 6.45) is 6.13. The van der Waals surface area contributed by atoms with Gasteiger partial charge in [0.25, 0.3) is 0 Å². The SMILES string of the molecule is C[C@@H]1C[C@H](n2c(CC(=O)N3CCCC3)nc3cnc4ccc(C#N)cc4c32)CCO1. The smallest absolute Gasteiger partial charge is 0.230 e. The van der Waals surface area contributed by atoms with E-state index in [1.165, 1.54) is 0 Å². The zero-order valence-electron chi connectivity index (χ0n) is 17.2. The van der Waals surface area contributed by atoms with Crippen LogP contribution in [0.3, 0.4) is 0 Å². The van der Waals surface area contributed by atoms with Crippen molar-refractivity contribution < 1.29 is 9.53 Å². The summed E-state index contributed by atoms with van der Waals surface area (Å²) >= 11 is 0. The molecule has 0 unspecified atom stereocenters. The van der Waals surface area contributed by atoms with Crippen molar-refractivity contribution in [2.75, 3.05) is 19.7 Å². The molecular weight excluding hydrogens is 378 g/mol. The molecule has 0 aliphatic carbocycles. The van der Waals surface area contributed by atoms with Gasteiger partial charge in [0.2, 0.25) is 5.91 Å². The van der Waals surface area contributed by atoms with E-state index in [-0.39, 0.29) is 18.1 Å². The number of amides is 1. The van der Waals surface area contributed by atoms with E-state index in [1.807, 2.05) is 17.0 Å². The molecule has 2 atom stereocenters. The Hall–Kier alpha value is -2.98. The number of aromatic nitrogens is 3. The molecule has 1 amide bonds. The number of imidazole rings is 1. The summed E-state index contributed by atoms with van der Waals surface area (Å²) in [5.74, 6) is 0.928. The molecule has 7 nitrogen and oxygen atoms in total. The van der Waals surface area contributed by atoms with Gasteiger partial charge in [-0.05, 0) is 50.8 Å². The van der Waals surface area contributed by atoms with Crippen molar-refractivity contribution in [2.24, 2.45) is 0 Å². The largest absolute Gasteiger partial charge is 0.378 e. The second kappa shape index (κ2) is 7.69. The Bertz CT molecular complexity index is 1160. The topological polar surface area (TPSA) is 84.0 Å². The summed E-state index contributed by atoms with van der Waals surface area (Å²) in [6, 6.07) is 7.99. The lowest BCUT2D eigenvalue weighted by molar-refractivity contribution is -0.129. The Labute approximate surface area is 175 Å². The molecule has 30 heavy (non-hydrogen) atoms. The van der Waals surface area contributed by atoms with Gasteiger partial charge in [-0.15, -0.1) is 0 Å². The van der Waals surface area contributed by atoms with Gasteiger partial charge in [0.15, 0.2) is 0 Å². The predicted molar refractivity (Wildman–Crippen MR) is 113 cm³/mol. The first kappa shape index (κ1) is 19.0. The summed E-state index contributed by atoms with van der Waals surface area (Å²) in [5.41, 5.74) is 3.18. The highest BCUT2D eigenvalue weighted by Crippen LogP contribution is 2.34. The van der Waals surface area contributed by atoms with Crippen molar-refractivity contribution in [3.05, 3.63) is 35.8 Å². The highest BCUT2D eigenvalue weighted by atomic mass is 16.5. The number of carbonyl (C=O) groups excluding carboxylic acids is 1. The summed E-state index contributed by atoms with van der Waals surface area (Å²) < 4.78 is 8.02. The lowest BCUT2D eigenvalue weighted by Crippen LogP contribution is -2.31. The minimum atomic E-state index is 0.138. The summed E-state index contributed by atoms with van der Waals surface area (Å²) in [7, 11) is 0. The lowest BCUT2D eigenvalue weighted by atomic mass is 10.0. The van der Waals surface area contributed by atoms with E-state index in [2.05, 4.69) is 22.5 Å². The molecule has 0 spiro atoms. The highest BCUT2D eigenvalue weighted by Gasteiger charge is 2.28. The molecule has 0 saturated carbocycles. The second-order valence-corrected chi connectivity index (χ2v) is 8.36. The maximum Gasteiger partial charge on any atom is 0.230 e. The summed E-state index contributed by atoms with van der Waals surface area (Å²) in [6.45, 7) is 4.46. The van der Waals surface area contributed by atoms with E-state index >= 15 is 0 Å². The van der Waals surface area contributed by atoms with Crippen LogP contribution in [0.2, 0.25) is 0 Å². The molecule has 2 saturated heterocycles. The van der Waals surface area contributed by atoms with Crippen molar-refractivity contribution in [3.8, 4) is 6.07 Å². The molecule has 2 aliphatic rings. The number of benzene rings is 1. The zero-order valence-corrected chi connectivity index (χ0v) is 17.2. The Kier molecular flexibility index (Phi) is 4.87. The van der Waals surface area contributed by atoms with Gasteiger partial charge in [0.05, 0.1) is 41.4 Å². The number of likely N-dealkylation sites (tertiary alicyclic amines) is 1. The van der Waals surface area contributed by atoms with Crippen molar-refractivity contribution >= 4 is 27.8 Å². The molecule has 3 aromatic rings. The Morgan fingerprint density at radius 1 is 1.30 bits per heavy atom. The number of pyridine rings is 1. The third-order valence-corrected chi connectivity index (χ3v) is 6.31. The normalized spacial score (nSPS) is 21.9. The highest BCUT2D eigenvalue weighted by molar-refractivity contribution is 6.03. The van der Waals surface area contributed by atoms with Crippen molar-refractivity contribution in [1.29, 1.82) is 5.26 Å². The fourth-order valence-corrected chi connectivity index (χ4v) is 4.84. The van der Waals surface area contributed by atoms with Crippen LogP contribution >= 0.6 is 0 Å². The van der Waals surface area contributed by atoms with Crippen molar-refractivity contribution in [1.82, 2.24) is 19.4 Å². The van der Waals surface area contributed by atoms with E-state index in [4.69, 9.17) is 9.72 Å². The quantitative estimate of drug-likeness (QED) is 0.670. The number of hydrogen-bond donors (Lipinski definition) is 0. The average Bonchev–Trinajstić information content (AvgIpc) is 3.41. The third kappa shape index (κ3) is 3.31.